The maximum atomic E-state index is 12.2. The van der Waals surface area contributed by atoms with Gasteiger partial charge in [0.25, 0.3) is 5.91 Å². The zero-order valence-electron chi connectivity index (χ0n) is 12.1. The van der Waals surface area contributed by atoms with Gasteiger partial charge in [-0.3, -0.25) is 4.79 Å². The molecule has 0 radical (unpaired) electrons. The summed E-state index contributed by atoms with van der Waals surface area (Å²) in [4.78, 5) is 12.2. The van der Waals surface area contributed by atoms with Gasteiger partial charge in [0.15, 0.2) is 0 Å². The van der Waals surface area contributed by atoms with E-state index >= 15 is 0 Å². The van der Waals surface area contributed by atoms with Crippen LogP contribution in [0.4, 0.5) is 0 Å². The minimum atomic E-state index is -0.217. The van der Waals surface area contributed by atoms with E-state index in [0.29, 0.717) is 29.3 Å². The van der Waals surface area contributed by atoms with Crippen LogP contribution < -0.4 is 5.32 Å². The highest BCUT2D eigenvalue weighted by atomic mass is 16.3. The molecule has 106 valence electrons. The van der Waals surface area contributed by atoms with E-state index in [2.05, 4.69) is 29.4 Å². The van der Waals surface area contributed by atoms with Gasteiger partial charge in [0, 0.05) is 0 Å². The monoisotopic (exact) mass is 265 g/mol. The molecule has 19 heavy (non-hydrogen) atoms. The molecule has 1 aromatic rings. The summed E-state index contributed by atoms with van der Waals surface area (Å²) in [6, 6.07) is 1.52. The lowest BCUT2D eigenvalue weighted by atomic mass is 10.0. The van der Waals surface area contributed by atoms with Crippen molar-refractivity contribution in [1.29, 1.82) is 0 Å². The van der Waals surface area contributed by atoms with E-state index in [9.17, 15) is 9.90 Å². The maximum absolute atomic E-state index is 12.2. The van der Waals surface area contributed by atoms with Gasteiger partial charge in [-0.15, -0.1) is 0 Å². The summed E-state index contributed by atoms with van der Waals surface area (Å²) in [5.41, 5.74) is 1.95. The zero-order chi connectivity index (χ0) is 14.4. The zero-order valence-corrected chi connectivity index (χ0v) is 12.1. The second-order valence-corrected chi connectivity index (χ2v) is 5.18. The first-order valence-corrected chi connectivity index (χ1v) is 6.72. The van der Waals surface area contributed by atoms with Gasteiger partial charge in [0.1, 0.15) is 0 Å². The molecule has 0 fully saturated rings. The summed E-state index contributed by atoms with van der Waals surface area (Å²) in [5.74, 6) is 0.231. The number of aliphatic hydroxyl groups is 1. The molecule has 1 rings (SSSR count). The number of aryl methyl sites for hydroxylation is 2. The average Bonchev–Trinajstić information content (AvgIpc) is 2.37. The number of hydrogen-bond donors (Lipinski definition) is 2. The first-order chi connectivity index (χ1) is 8.97. The van der Waals surface area contributed by atoms with Crippen LogP contribution in [0.25, 0.3) is 0 Å². The highest BCUT2D eigenvalue weighted by Crippen LogP contribution is 2.10. The SMILES string of the molecule is CCc1nnc(C)cc1C(=O)NC(CO)CC(C)C. The number of nitrogens with zero attached hydrogens (tertiary/aromatic N) is 2. The van der Waals surface area contributed by atoms with E-state index in [4.69, 9.17) is 0 Å². The van der Waals surface area contributed by atoms with Crippen molar-refractivity contribution in [3.8, 4) is 0 Å². The molecular formula is C14H23N3O2. The second kappa shape index (κ2) is 7.19. The van der Waals surface area contributed by atoms with E-state index in [1.807, 2.05) is 6.92 Å². The second-order valence-electron chi connectivity index (χ2n) is 5.18. The number of carbonyl (C=O) groups is 1. The number of aliphatic hydroxyl groups excluding tert-OH is 1. The number of amides is 1. The fourth-order valence-corrected chi connectivity index (χ4v) is 1.98. The largest absolute Gasteiger partial charge is 0.394 e. The molecule has 5 heteroatoms. The highest BCUT2D eigenvalue weighted by molar-refractivity contribution is 5.95. The first kappa shape index (κ1) is 15.6. The van der Waals surface area contributed by atoms with Gasteiger partial charge in [-0.1, -0.05) is 20.8 Å². The molecule has 1 atom stereocenters. The Balaban J connectivity index is 2.84. The lowest BCUT2D eigenvalue weighted by Crippen LogP contribution is -2.39. The molecule has 0 bridgehead atoms. The van der Waals surface area contributed by atoms with Crippen molar-refractivity contribution in [1.82, 2.24) is 15.5 Å². The van der Waals surface area contributed by atoms with E-state index in [-0.39, 0.29) is 18.6 Å². The van der Waals surface area contributed by atoms with Crippen LogP contribution in [0.3, 0.4) is 0 Å². The van der Waals surface area contributed by atoms with Crippen molar-refractivity contribution in [2.24, 2.45) is 5.92 Å². The van der Waals surface area contributed by atoms with Crippen LogP contribution >= 0.6 is 0 Å². The molecule has 1 aromatic heterocycles. The van der Waals surface area contributed by atoms with E-state index < -0.39 is 0 Å². The Morgan fingerprint density at radius 2 is 2.11 bits per heavy atom. The molecule has 2 N–H and O–H groups in total. The van der Waals surface area contributed by atoms with Crippen molar-refractivity contribution in [2.45, 2.75) is 46.6 Å². The number of carbonyl (C=O) groups excluding carboxylic acids is 1. The minimum absolute atomic E-state index is 0.0527. The molecule has 1 unspecified atom stereocenters. The van der Waals surface area contributed by atoms with Crippen LogP contribution in [0.2, 0.25) is 0 Å². The Kier molecular flexibility index (Phi) is 5.89. The standard InChI is InChI=1S/C14H23N3O2/c1-5-13-12(7-10(4)16-17-13)14(19)15-11(8-18)6-9(2)3/h7,9,11,18H,5-6,8H2,1-4H3,(H,15,19). The predicted molar refractivity (Wildman–Crippen MR) is 73.9 cm³/mol. The van der Waals surface area contributed by atoms with E-state index in [0.717, 1.165) is 6.42 Å². The number of nitrogens with one attached hydrogen (secondary N) is 1. The van der Waals surface area contributed by atoms with Gasteiger partial charge in [0.05, 0.1) is 29.6 Å². The van der Waals surface area contributed by atoms with Crippen molar-refractivity contribution in [2.75, 3.05) is 6.61 Å². The molecule has 0 aromatic carbocycles. The molecule has 0 spiro atoms. The summed E-state index contributed by atoms with van der Waals surface area (Å²) in [5, 5.41) is 20.2. The molecular weight excluding hydrogens is 242 g/mol. The average molecular weight is 265 g/mol. The van der Waals surface area contributed by atoms with E-state index in [1.54, 1.807) is 13.0 Å². The van der Waals surface area contributed by atoms with Crippen molar-refractivity contribution in [3.63, 3.8) is 0 Å². The summed E-state index contributed by atoms with van der Waals surface area (Å²) in [6.45, 7) is 7.81. The van der Waals surface area contributed by atoms with Gasteiger partial charge in [-0.2, -0.15) is 10.2 Å². The maximum Gasteiger partial charge on any atom is 0.253 e. The molecule has 0 aliphatic rings. The van der Waals surface area contributed by atoms with Crippen molar-refractivity contribution < 1.29 is 9.90 Å². The smallest absolute Gasteiger partial charge is 0.253 e. The van der Waals surface area contributed by atoms with Gasteiger partial charge in [0.2, 0.25) is 0 Å². The van der Waals surface area contributed by atoms with Gasteiger partial charge in [-0.25, -0.2) is 0 Å². The summed E-state index contributed by atoms with van der Waals surface area (Å²) < 4.78 is 0. The minimum Gasteiger partial charge on any atom is -0.394 e. The molecule has 0 aliphatic carbocycles. The third-order valence-corrected chi connectivity index (χ3v) is 2.88. The molecule has 0 saturated heterocycles. The van der Waals surface area contributed by atoms with Crippen LogP contribution in [0, 0.1) is 12.8 Å². The van der Waals surface area contributed by atoms with Crippen LogP contribution in [0.15, 0.2) is 6.07 Å². The fourth-order valence-electron chi connectivity index (χ4n) is 1.98. The van der Waals surface area contributed by atoms with Gasteiger partial charge in [-0.05, 0) is 31.7 Å². The Labute approximate surface area is 114 Å². The Hall–Kier alpha value is -1.49. The van der Waals surface area contributed by atoms with Gasteiger partial charge < -0.3 is 10.4 Å². The molecule has 5 nitrogen and oxygen atoms in total. The van der Waals surface area contributed by atoms with Crippen LogP contribution in [-0.4, -0.2) is 33.9 Å². The topological polar surface area (TPSA) is 75.1 Å². The van der Waals surface area contributed by atoms with E-state index in [1.165, 1.54) is 0 Å². The summed E-state index contributed by atoms with van der Waals surface area (Å²) in [7, 11) is 0. The van der Waals surface area contributed by atoms with Crippen LogP contribution in [-0.2, 0) is 6.42 Å². The fraction of sp³-hybridized carbons (Fsp3) is 0.643. The molecule has 0 saturated carbocycles. The molecule has 1 heterocycles. The normalized spacial score (nSPS) is 12.5. The highest BCUT2D eigenvalue weighted by Gasteiger charge is 2.17. The van der Waals surface area contributed by atoms with Crippen LogP contribution in [0.5, 0.6) is 0 Å². The van der Waals surface area contributed by atoms with Crippen LogP contribution in [0.1, 0.15) is 48.9 Å². The quantitative estimate of drug-likeness (QED) is 0.817. The lowest BCUT2D eigenvalue weighted by molar-refractivity contribution is 0.0906. The van der Waals surface area contributed by atoms with Crippen molar-refractivity contribution in [3.05, 3.63) is 23.0 Å². The predicted octanol–water partition coefficient (Wildman–Crippen LogP) is 1.48. The van der Waals surface area contributed by atoms with Crippen molar-refractivity contribution >= 4 is 5.91 Å². The third kappa shape index (κ3) is 4.59. The Bertz CT molecular complexity index is 433. The number of hydrogen-bond acceptors (Lipinski definition) is 4. The number of aromatic nitrogens is 2. The van der Waals surface area contributed by atoms with Gasteiger partial charge >= 0.3 is 0 Å². The number of rotatable bonds is 6. The summed E-state index contributed by atoms with van der Waals surface area (Å²) >= 11 is 0. The third-order valence-electron chi connectivity index (χ3n) is 2.88. The molecule has 1 amide bonds. The summed E-state index contributed by atoms with van der Waals surface area (Å²) in [6.07, 6.45) is 1.41. The molecule has 0 aliphatic heterocycles. The Morgan fingerprint density at radius 3 is 2.63 bits per heavy atom. The Morgan fingerprint density at radius 1 is 1.42 bits per heavy atom. The first-order valence-electron chi connectivity index (χ1n) is 6.72. The lowest BCUT2D eigenvalue weighted by Gasteiger charge is -2.19.